The second kappa shape index (κ2) is 10.6. The number of hydrogen-bond acceptors (Lipinski definition) is 5. The van der Waals surface area contributed by atoms with Gasteiger partial charge in [-0.15, -0.1) is 0 Å². The fourth-order valence-electron chi connectivity index (χ4n) is 3.84. The lowest BCUT2D eigenvalue weighted by molar-refractivity contribution is 0.601. The Bertz CT molecular complexity index is 995. The Morgan fingerprint density at radius 2 is 1.68 bits per heavy atom. The molecule has 0 bridgehead atoms. The number of pyridine rings is 1. The van der Waals surface area contributed by atoms with Gasteiger partial charge < -0.3 is 15.5 Å². The lowest BCUT2D eigenvalue weighted by Gasteiger charge is -2.21. The fraction of sp³-hybridized carbons (Fsp3) is 0.478. The first-order valence-electron chi connectivity index (χ1n) is 10.8. The van der Waals surface area contributed by atoms with E-state index in [1.165, 1.54) is 31.9 Å². The average molecular weight is 444 g/mol. The summed E-state index contributed by atoms with van der Waals surface area (Å²) in [7, 11) is -1.47. The van der Waals surface area contributed by atoms with E-state index in [0.29, 0.717) is 23.9 Å². The predicted octanol–water partition coefficient (Wildman–Crippen LogP) is 3.04. The van der Waals surface area contributed by atoms with Gasteiger partial charge >= 0.3 is 0 Å². The van der Waals surface area contributed by atoms with E-state index in [4.69, 9.17) is 0 Å². The van der Waals surface area contributed by atoms with Gasteiger partial charge in [0, 0.05) is 45.7 Å². The van der Waals surface area contributed by atoms with Crippen LogP contribution in [0.3, 0.4) is 0 Å². The summed E-state index contributed by atoms with van der Waals surface area (Å²) in [6.07, 6.45) is 8.26. The highest BCUT2D eigenvalue weighted by Crippen LogP contribution is 2.18. The highest BCUT2D eigenvalue weighted by atomic mass is 32.2. The molecule has 0 amide bonds. The van der Waals surface area contributed by atoms with E-state index in [-0.39, 0.29) is 0 Å². The zero-order chi connectivity index (χ0) is 22.3. The minimum atomic E-state index is -3.20. The summed E-state index contributed by atoms with van der Waals surface area (Å²) >= 11 is 0. The number of anilines is 1. The van der Waals surface area contributed by atoms with Gasteiger partial charge in [-0.05, 0) is 48.6 Å². The number of aryl methyl sites for hydroxylation is 1. The highest BCUT2D eigenvalue weighted by molar-refractivity contribution is 7.90. The van der Waals surface area contributed by atoms with Gasteiger partial charge in [0.2, 0.25) is 0 Å². The van der Waals surface area contributed by atoms with Gasteiger partial charge in [-0.2, -0.15) is 0 Å². The molecule has 0 atom stereocenters. The van der Waals surface area contributed by atoms with Crippen LogP contribution in [0.5, 0.6) is 0 Å². The minimum absolute atomic E-state index is 0.370. The van der Waals surface area contributed by atoms with Gasteiger partial charge in [0.1, 0.15) is 5.82 Å². The number of aliphatic imine (C=N–C) groups is 1. The van der Waals surface area contributed by atoms with Gasteiger partial charge in [-0.1, -0.05) is 31.0 Å². The third-order valence-corrected chi connectivity index (χ3v) is 6.78. The lowest BCUT2D eigenvalue weighted by atomic mass is 10.1. The van der Waals surface area contributed by atoms with Crippen LogP contribution in [0, 0.1) is 6.92 Å². The number of benzene rings is 1. The summed E-state index contributed by atoms with van der Waals surface area (Å²) in [6.45, 7) is 5.17. The smallest absolute Gasteiger partial charge is 0.191 e. The molecule has 31 heavy (non-hydrogen) atoms. The summed E-state index contributed by atoms with van der Waals surface area (Å²) in [6, 6.07) is 9.60. The Balaban J connectivity index is 1.52. The largest absolute Gasteiger partial charge is 0.357 e. The monoisotopic (exact) mass is 443 g/mol. The molecule has 7 nitrogen and oxygen atoms in total. The number of nitrogens with one attached hydrogen (secondary N) is 2. The van der Waals surface area contributed by atoms with Crippen molar-refractivity contribution in [1.82, 2.24) is 15.6 Å². The van der Waals surface area contributed by atoms with Gasteiger partial charge in [0.05, 0.1) is 4.90 Å². The molecule has 168 valence electrons. The maximum absolute atomic E-state index is 11.8. The van der Waals surface area contributed by atoms with Crippen molar-refractivity contribution >= 4 is 21.6 Å². The quantitative estimate of drug-likeness (QED) is 0.527. The van der Waals surface area contributed by atoms with E-state index in [0.717, 1.165) is 35.6 Å². The Kier molecular flexibility index (Phi) is 7.90. The Morgan fingerprint density at radius 3 is 2.23 bits per heavy atom. The molecule has 0 spiro atoms. The molecule has 1 fully saturated rings. The molecule has 1 aromatic heterocycles. The molecule has 3 rings (SSSR count). The van der Waals surface area contributed by atoms with Gasteiger partial charge in [0.15, 0.2) is 15.8 Å². The van der Waals surface area contributed by atoms with Crippen molar-refractivity contribution in [3.63, 3.8) is 0 Å². The van der Waals surface area contributed by atoms with E-state index < -0.39 is 9.84 Å². The highest BCUT2D eigenvalue weighted by Gasteiger charge is 2.12. The second-order valence-corrected chi connectivity index (χ2v) is 10.1. The molecule has 1 aromatic carbocycles. The van der Waals surface area contributed by atoms with Crippen LogP contribution in [0.4, 0.5) is 5.82 Å². The van der Waals surface area contributed by atoms with Crippen LogP contribution in [0.25, 0.3) is 0 Å². The first kappa shape index (κ1) is 23.1. The Labute approximate surface area is 185 Å². The van der Waals surface area contributed by atoms with Gasteiger partial charge in [-0.3, -0.25) is 4.99 Å². The number of sulfone groups is 1. The summed E-state index contributed by atoms with van der Waals surface area (Å²) in [5.41, 5.74) is 2.84. The molecule has 1 aliphatic heterocycles. The molecule has 0 radical (unpaired) electrons. The van der Waals surface area contributed by atoms with Gasteiger partial charge in [0.25, 0.3) is 0 Å². The fourth-order valence-corrected chi connectivity index (χ4v) is 4.80. The van der Waals surface area contributed by atoms with Crippen LogP contribution >= 0.6 is 0 Å². The number of nitrogens with zero attached hydrogens (tertiary/aromatic N) is 3. The molecular weight excluding hydrogens is 410 g/mol. The Hall–Kier alpha value is -2.61. The van der Waals surface area contributed by atoms with E-state index >= 15 is 0 Å². The lowest BCUT2D eigenvalue weighted by Crippen LogP contribution is -2.36. The van der Waals surface area contributed by atoms with E-state index in [1.54, 1.807) is 13.1 Å². The zero-order valence-corrected chi connectivity index (χ0v) is 19.5. The molecular formula is C23H33N5O2S. The van der Waals surface area contributed by atoms with Crippen molar-refractivity contribution in [3.8, 4) is 0 Å². The average Bonchev–Trinajstić information content (AvgIpc) is 3.03. The van der Waals surface area contributed by atoms with Crippen molar-refractivity contribution in [1.29, 1.82) is 0 Å². The Morgan fingerprint density at radius 1 is 1.03 bits per heavy atom. The molecule has 2 N–H and O–H groups in total. The van der Waals surface area contributed by atoms with Crippen LogP contribution in [-0.4, -0.2) is 45.8 Å². The topological polar surface area (TPSA) is 86.7 Å². The van der Waals surface area contributed by atoms with Crippen LogP contribution in [0.2, 0.25) is 0 Å². The molecule has 0 unspecified atom stereocenters. The maximum Gasteiger partial charge on any atom is 0.191 e. The van der Waals surface area contributed by atoms with Crippen molar-refractivity contribution in [3.05, 3.63) is 53.2 Å². The molecule has 0 aliphatic carbocycles. The van der Waals surface area contributed by atoms with Crippen molar-refractivity contribution in [2.75, 3.05) is 31.3 Å². The summed E-state index contributed by atoms with van der Waals surface area (Å²) in [5, 5.41) is 6.58. The van der Waals surface area contributed by atoms with E-state index in [9.17, 15) is 8.42 Å². The van der Waals surface area contributed by atoms with Gasteiger partial charge in [-0.25, -0.2) is 13.4 Å². The van der Waals surface area contributed by atoms with Crippen LogP contribution in [0.1, 0.15) is 42.4 Å². The first-order valence-corrected chi connectivity index (χ1v) is 12.7. The van der Waals surface area contributed by atoms with Crippen molar-refractivity contribution < 1.29 is 8.42 Å². The zero-order valence-electron chi connectivity index (χ0n) is 18.7. The first-order chi connectivity index (χ1) is 14.9. The standard InChI is InChI=1S/C23H33N5O2S/c1-18-14-19(8-10-21(18)31(3,29)30)15-26-23(24-2)27-17-20-9-11-22(25-16-20)28-12-6-4-5-7-13-28/h8-11,14,16H,4-7,12-13,15,17H2,1-3H3,(H2,24,26,27). The molecule has 2 aromatic rings. The molecule has 8 heteroatoms. The number of guanidine groups is 1. The maximum atomic E-state index is 11.8. The molecule has 1 aliphatic rings. The normalized spacial score (nSPS) is 15.5. The number of rotatable bonds is 6. The number of hydrogen-bond donors (Lipinski definition) is 2. The summed E-state index contributed by atoms with van der Waals surface area (Å²) in [4.78, 5) is 11.7. The predicted molar refractivity (Wildman–Crippen MR) is 126 cm³/mol. The van der Waals surface area contributed by atoms with Crippen LogP contribution in [0.15, 0.2) is 46.4 Å². The summed E-state index contributed by atoms with van der Waals surface area (Å²) < 4.78 is 23.5. The summed E-state index contributed by atoms with van der Waals surface area (Å²) in [5.74, 6) is 1.74. The van der Waals surface area contributed by atoms with E-state index in [2.05, 4.69) is 37.6 Å². The molecule has 2 heterocycles. The number of aromatic nitrogens is 1. The third kappa shape index (κ3) is 6.69. The molecule has 0 saturated carbocycles. The van der Waals surface area contributed by atoms with Crippen molar-refractivity contribution in [2.24, 2.45) is 4.99 Å². The van der Waals surface area contributed by atoms with Crippen LogP contribution in [-0.2, 0) is 22.9 Å². The third-order valence-electron chi connectivity index (χ3n) is 5.52. The van der Waals surface area contributed by atoms with Crippen LogP contribution < -0.4 is 15.5 Å². The molecule has 1 saturated heterocycles. The van der Waals surface area contributed by atoms with Crippen molar-refractivity contribution in [2.45, 2.75) is 50.6 Å². The minimum Gasteiger partial charge on any atom is -0.357 e. The SMILES string of the molecule is CN=C(NCc1ccc(N2CCCCCC2)nc1)NCc1ccc(S(C)(=O)=O)c(C)c1. The second-order valence-electron chi connectivity index (χ2n) is 8.08. The van der Waals surface area contributed by atoms with E-state index in [1.807, 2.05) is 25.3 Å².